The number of anilines is 2. The first-order valence-electron chi connectivity index (χ1n) is 13.3. The molecule has 39 heavy (non-hydrogen) atoms. The molecule has 12 nitrogen and oxygen atoms in total. The van der Waals surface area contributed by atoms with Gasteiger partial charge in [0.25, 0.3) is 0 Å². The van der Waals surface area contributed by atoms with Crippen molar-refractivity contribution in [2.24, 2.45) is 11.8 Å². The summed E-state index contributed by atoms with van der Waals surface area (Å²) in [5.41, 5.74) is 2.59. The van der Waals surface area contributed by atoms with Crippen LogP contribution >= 0.6 is 0 Å². The molecule has 204 valence electrons. The Balaban J connectivity index is 1.05. The van der Waals surface area contributed by atoms with Gasteiger partial charge in [0.05, 0.1) is 24.2 Å². The monoisotopic (exact) mass is 535 g/mol. The summed E-state index contributed by atoms with van der Waals surface area (Å²) >= 11 is 0. The molecule has 4 fully saturated rings. The highest BCUT2D eigenvalue weighted by Crippen LogP contribution is 2.57. The van der Waals surface area contributed by atoms with Crippen LogP contribution in [0.1, 0.15) is 44.9 Å². The maximum Gasteiger partial charge on any atom is 0.408 e. The molecule has 3 N–H and O–H groups in total. The number of rotatable bonds is 8. The van der Waals surface area contributed by atoms with Crippen molar-refractivity contribution < 1.29 is 18.7 Å². The van der Waals surface area contributed by atoms with E-state index < -0.39 is 24.5 Å². The number of fused-ring (bicyclic) bond motifs is 1. The van der Waals surface area contributed by atoms with Crippen LogP contribution in [-0.4, -0.2) is 64.9 Å². The Labute approximate surface area is 223 Å². The number of carbonyl (C=O) groups excluding carboxylic acids is 1. The van der Waals surface area contributed by atoms with Gasteiger partial charge in [-0.3, -0.25) is 14.2 Å². The summed E-state index contributed by atoms with van der Waals surface area (Å²) in [5, 5.41) is 17.7. The molecule has 3 atom stereocenters. The fourth-order valence-electron chi connectivity index (χ4n) is 5.74. The zero-order valence-corrected chi connectivity index (χ0v) is 21.7. The Morgan fingerprint density at radius 2 is 2.18 bits per heavy atom. The Morgan fingerprint density at radius 1 is 1.33 bits per heavy atom. The van der Waals surface area contributed by atoms with Gasteiger partial charge >= 0.3 is 6.09 Å². The lowest BCUT2D eigenvalue weighted by atomic mass is 9.50. The van der Waals surface area contributed by atoms with Gasteiger partial charge in [0.1, 0.15) is 11.8 Å². The Hall–Kier alpha value is -4.00. The molecule has 0 spiro atoms. The predicted molar refractivity (Wildman–Crippen MR) is 138 cm³/mol. The van der Waals surface area contributed by atoms with E-state index in [0.29, 0.717) is 34.7 Å². The van der Waals surface area contributed by atoms with Crippen LogP contribution in [0.25, 0.3) is 16.9 Å². The summed E-state index contributed by atoms with van der Waals surface area (Å²) in [6, 6.07) is 3.56. The molecule has 13 heteroatoms. The van der Waals surface area contributed by atoms with Crippen molar-refractivity contribution in [3.8, 4) is 11.3 Å². The summed E-state index contributed by atoms with van der Waals surface area (Å²) in [6.45, 7) is 5.06. The average Bonchev–Trinajstić information content (AvgIpc) is 3.64. The zero-order chi connectivity index (χ0) is 26.7. The topological polar surface area (TPSA) is 136 Å². The van der Waals surface area contributed by atoms with Crippen LogP contribution in [0.4, 0.5) is 21.0 Å². The highest BCUT2D eigenvalue weighted by Gasteiger charge is 2.58. The summed E-state index contributed by atoms with van der Waals surface area (Å²) in [5.74, 6) is 2.11. The molecule has 0 radical (unpaired) electrons. The molecule has 0 aromatic carbocycles. The molecular formula is C26H30FN9O3. The molecule has 5 heterocycles. The van der Waals surface area contributed by atoms with Crippen molar-refractivity contribution in [3.05, 3.63) is 42.6 Å². The van der Waals surface area contributed by atoms with Crippen molar-refractivity contribution >= 4 is 23.5 Å². The van der Waals surface area contributed by atoms with E-state index in [0.717, 1.165) is 37.3 Å². The second-order valence-corrected chi connectivity index (χ2v) is 11.3. The molecule has 8 rings (SSSR count). The molecule has 4 aromatic rings. The smallest absolute Gasteiger partial charge is 0.408 e. The van der Waals surface area contributed by atoms with Gasteiger partial charge < -0.3 is 20.1 Å². The standard InChI is InChI=1S/C26H30FN9O3/c1-14(2)11-35-12-16(10-29-35)17-6-21-28-3-4-36(21)24(30-17)31-20-5-18(33-34-20)23-22(27)19(13-38-23)39-25(37)32-26-7-15(8-26)9-26/h3-6,10,12,14-15,19,22-23H,7-9,11,13H2,1-2H3,(H,32,37)(H2,30,31,33,34)/t15?,19-,22-,23-,26?/m0/s1. The average molecular weight is 536 g/mol. The lowest BCUT2D eigenvalue weighted by Gasteiger charge is -2.61. The van der Waals surface area contributed by atoms with E-state index in [1.807, 2.05) is 16.9 Å². The fourth-order valence-corrected chi connectivity index (χ4v) is 5.74. The number of aromatic nitrogens is 7. The molecule has 4 aromatic heterocycles. The number of alkyl carbamates (subject to hydrolysis) is 1. The predicted octanol–water partition coefficient (Wildman–Crippen LogP) is 3.77. The molecule has 4 aliphatic rings. The number of hydrogen-bond acceptors (Lipinski definition) is 8. The van der Waals surface area contributed by atoms with Crippen molar-refractivity contribution in [1.82, 2.24) is 39.7 Å². The van der Waals surface area contributed by atoms with Crippen LogP contribution in [0.15, 0.2) is 36.9 Å². The molecule has 1 saturated heterocycles. The highest BCUT2D eigenvalue weighted by atomic mass is 19.1. The van der Waals surface area contributed by atoms with E-state index >= 15 is 4.39 Å². The van der Waals surface area contributed by atoms with E-state index in [2.05, 4.69) is 44.8 Å². The number of ether oxygens (including phenoxy) is 2. The van der Waals surface area contributed by atoms with Gasteiger partial charge in [0.2, 0.25) is 5.95 Å². The third kappa shape index (κ3) is 4.40. The molecule has 2 bridgehead atoms. The fraction of sp³-hybridized carbons (Fsp3) is 0.500. The minimum Gasteiger partial charge on any atom is -0.441 e. The van der Waals surface area contributed by atoms with Crippen LogP contribution in [0.2, 0.25) is 0 Å². The number of aromatic amines is 1. The first-order chi connectivity index (χ1) is 18.8. The number of amides is 1. The second kappa shape index (κ2) is 9.04. The third-order valence-electron chi connectivity index (χ3n) is 7.76. The van der Waals surface area contributed by atoms with E-state index in [9.17, 15) is 4.79 Å². The van der Waals surface area contributed by atoms with Crippen molar-refractivity contribution in [3.63, 3.8) is 0 Å². The van der Waals surface area contributed by atoms with Gasteiger partial charge in [0.15, 0.2) is 18.1 Å². The van der Waals surface area contributed by atoms with Crippen molar-refractivity contribution in [1.29, 1.82) is 0 Å². The molecule has 1 aliphatic heterocycles. The zero-order valence-electron chi connectivity index (χ0n) is 21.7. The number of alkyl halides is 1. The van der Waals surface area contributed by atoms with Gasteiger partial charge in [-0.25, -0.2) is 19.2 Å². The lowest BCUT2D eigenvalue weighted by Crippen LogP contribution is -2.68. The minimum atomic E-state index is -1.53. The van der Waals surface area contributed by atoms with Gasteiger partial charge in [-0.1, -0.05) is 13.8 Å². The van der Waals surface area contributed by atoms with Crippen molar-refractivity contribution in [2.45, 2.75) is 63.6 Å². The number of nitrogens with zero attached hydrogens (tertiary/aromatic N) is 6. The first kappa shape index (κ1) is 24.1. The van der Waals surface area contributed by atoms with Crippen LogP contribution in [0, 0.1) is 11.8 Å². The minimum absolute atomic E-state index is 0.0274. The van der Waals surface area contributed by atoms with Crippen LogP contribution in [-0.2, 0) is 16.0 Å². The number of nitrogens with one attached hydrogen (secondary N) is 3. The summed E-state index contributed by atoms with van der Waals surface area (Å²) < 4.78 is 29.9. The van der Waals surface area contributed by atoms with Gasteiger partial charge in [-0.05, 0) is 31.1 Å². The lowest BCUT2D eigenvalue weighted by molar-refractivity contribution is -0.0528. The van der Waals surface area contributed by atoms with E-state index in [1.54, 1.807) is 29.1 Å². The van der Waals surface area contributed by atoms with E-state index in [1.165, 1.54) is 0 Å². The summed E-state index contributed by atoms with van der Waals surface area (Å²) in [6.07, 6.45) is 6.17. The van der Waals surface area contributed by atoms with Gasteiger partial charge in [-0.15, -0.1) is 0 Å². The van der Waals surface area contributed by atoms with Crippen LogP contribution in [0.5, 0.6) is 0 Å². The number of halogens is 1. The van der Waals surface area contributed by atoms with Crippen LogP contribution < -0.4 is 10.6 Å². The largest absolute Gasteiger partial charge is 0.441 e. The normalized spacial score (nSPS) is 27.4. The molecule has 1 amide bonds. The highest BCUT2D eigenvalue weighted by molar-refractivity contribution is 5.69. The SMILES string of the molecule is CC(C)Cn1cc(-c2cc3nccn3c(Nc3cc([C@@H]4OC[C@H](OC(=O)NC56CC(C5)C6)[C@@H]4F)[nH]n3)n2)cn1. The van der Waals surface area contributed by atoms with Crippen LogP contribution in [0.3, 0.4) is 0 Å². The first-order valence-corrected chi connectivity index (χ1v) is 13.3. The molecule has 0 unspecified atom stereocenters. The van der Waals surface area contributed by atoms with E-state index in [-0.39, 0.29) is 12.1 Å². The van der Waals surface area contributed by atoms with Gasteiger partial charge in [-0.2, -0.15) is 10.2 Å². The molecule has 3 saturated carbocycles. The second-order valence-electron chi connectivity index (χ2n) is 11.3. The quantitative estimate of drug-likeness (QED) is 0.310. The number of H-pyrrole nitrogens is 1. The summed E-state index contributed by atoms with van der Waals surface area (Å²) in [7, 11) is 0. The third-order valence-corrected chi connectivity index (χ3v) is 7.76. The number of carbonyl (C=O) groups is 1. The number of hydrogen-bond donors (Lipinski definition) is 3. The van der Waals surface area contributed by atoms with E-state index in [4.69, 9.17) is 14.5 Å². The molecular weight excluding hydrogens is 505 g/mol. The number of imidazole rings is 1. The molecule has 3 aliphatic carbocycles. The van der Waals surface area contributed by atoms with Gasteiger partial charge in [0, 0.05) is 48.4 Å². The summed E-state index contributed by atoms with van der Waals surface area (Å²) in [4.78, 5) is 21.5. The Morgan fingerprint density at radius 3 is 2.95 bits per heavy atom. The Kier molecular flexibility index (Phi) is 5.58. The van der Waals surface area contributed by atoms with Crippen molar-refractivity contribution in [2.75, 3.05) is 11.9 Å². The maximum absolute atomic E-state index is 15.2. The maximum atomic E-state index is 15.2. The Bertz CT molecular complexity index is 1510.